The second-order valence-electron chi connectivity index (χ2n) is 5.26. The highest BCUT2D eigenvalue weighted by Gasteiger charge is 2.21. The molecule has 0 amide bonds. The number of aliphatic hydroxyl groups excluding tert-OH is 1. The molecule has 0 aliphatic heterocycles. The first kappa shape index (κ1) is 15.5. The van der Waals surface area contributed by atoms with Crippen LogP contribution in [0.25, 0.3) is 0 Å². The van der Waals surface area contributed by atoms with Crippen LogP contribution in [0.4, 0.5) is 0 Å². The summed E-state index contributed by atoms with van der Waals surface area (Å²) in [6.45, 7) is 3.43. The predicted molar refractivity (Wildman–Crippen MR) is 80.4 cm³/mol. The summed E-state index contributed by atoms with van der Waals surface area (Å²) in [5.74, 6) is 0.585. The Balaban J connectivity index is 2.31. The third-order valence-corrected chi connectivity index (χ3v) is 3.33. The average Bonchev–Trinajstić information content (AvgIpc) is 2.88. The maximum Gasteiger partial charge on any atom is 0.163 e. The smallest absolute Gasteiger partial charge is 0.163 e. The Labute approximate surface area is 125 Å². The molecule has 2 aromatic heterocycles. The lowest BCUT2D eigenvalue weighted by molar-refractivity contribution is 0.200. The molecule has 0 saturated heterocycles. The SMILES string of the molecule is COc1cnn(CCN(C)C)c1C(O)c1ccc(C)nc1. The Morgan fingerprint density at radius 3 is 2.67 bits per heavy atom. The molecule has 0 saturated carbocycles. The van der Waals surface area contributed by atoms with E-state index >= 15 is 0 Å². The monoisotopic (exact) mass is 290 g/mol. The lowest BCUT2D eigenvalue weighted by Gasteiger charge is -2.17. The molecule has 0 aliphatic rings. The summed E-state index contributed by atoms with van der Waals surface area (Å²) in [6.07, 6.45) is 2.51. The quantitative estimate of drug-likeness (QED) is 0.867. The Hall–Kier alpha value is -1.92. The zero-order chi connectivity index (χ0) is 15.4. The van der Waals surface area contributed by atoms with Gasteiger partial charge in [-0.15, -0.1) is 0 Å². The molecule has 1 N–H and O–H groups in total. The van der Waals surface area contributed by atoms with Crippen molar-refractivity contribution < 1.29 is 9.84 Å². The van der Waals surface area contributed by atoms with Gasteiger partial charge in [-0.25, -0.2) is 0 Å². The predicted octanol–water partition coefficient (Wildman–Crippen LogP) is 1.24. The van der Waals surface area contributed by atoms with E-state index in [1.54, 1.807) is 24.2 Å². The Morgan fingerprint density at radius 2 is 2.10 bits per heavy atom. The molecule has 0 aliphatic carbocycles. The van der Waals surface area contributed by atoms with Crippen molar-refractivity contribution in [1.29, 1.82) is 0 Å². The van der Waals surface area contributed by atoms with Crippen LogP contribution in [-0.2, 0) is 6.54 Å². The summed E-state index contributed by atoms with van der Waals surface area (Å²) in [4.78, 5) is 6.30. The molecule has 2 rings (SSSR count). The van der Waals surface area contributed by atoms with E-state index in [4.69, 9.17) is 4.74 Å². The van der Waals surface area contributed by atoms with Gasteiger partial charge in [0.25, 0.3) is 0 Å². The van der Waals surface area contributed by atoms with Crippen molar-refractivity contribution in [2.24, 2.45) is 0 Å². The molecule has 0 spiro atoms. The van der Waals surface area contributed by atoms with Gasteiger partial charge in [-0.3, -0.25) is 9.67 Å². The first-order valence-electron chi connectivity index (χ1n) is 6.88. The van der Waals surface area contributed by atoms with Crippen LogP contribution in [0.5, 0.6) is 5.75 Å². The number of aliphatic hydroxyl groups is 1. The number of ether oxygens (including phenoxy) is 1. The van der Waals surface area contributed by atoms with Gasteiger partial charge in [0.1, 0.15) is 11.8 Å². The minimum atomic E-state index is -0.808. The maximum atomic E-state index is 10.6. The van der Waals surface area contributed by atoms with Crippen molar-refractivity contribution in [3.8, 4) is 5.75 Å². The maximum absolute atomic E-state index is 10.6. The summed E-state index contributed by atoms with van der Waals surface area (Å²) in [5.41, 5.74) is 2.30. The Bertz CT molecular complexity index is 578. The van der Waals surface area contributed by atoms with Crippen LogP contribution in [-0.4, -0.2) is 52.5 Å². The van der Waals surface area contributed by atoms with E-state index < -0.39 is 6.10 Å². The number of aromatic nitrogens is 3. The van der Waals surface area contributed by atoms with Crippen molar-refractivity contribution in [3.05, 3.63) is 41.5 Å². The summed E-state index contributed by atoms with van der Waals surface area (Å²) < 4.78 is 7.10. The lowest BCUT2D eigenvalue weighted by atomic mass is 10.1. The number of hydrogen-bond acceptors (Lipinski definition) is 5. The van der Waals surface area contributed by atoms with Crippen LogP contribution in [0.1, 0.15) is 23.1 Å². The van der Waals surface area contributed by atoms with E-state index in [0.717, 1.165) is 17.8 Å². The fraction of sp³-hybridized carbons (Fsp3) is 0.467. The van der Waals surface area contributed by atoms with Gasteiger partial charge in [0.15, 0.2) is 5.75 Å². The largest absolute Gasteiger partial charge is 0.493 e. The first-order valence-corrected chi connectivity index (χ1v) is 6.88. The molecule has 0 aromatic carbocycles. The Kier molecular flexibility index (Phi) is 4.93. The summed E-state index contributed by atoms with van der Waals surface area (Å²) >= 11 is 0. The zero-order valence-corrected chi connectivity index (χ0v) is 12.9. The van der Waals surface area contributed by atoms with Gasteiger partial charge in [-0.05, 0) is 27.1 Å². The van der Waals surface area contributed by atoms with Crippen LogP contribution in [0.3, 0.4) is 0 Å². The second kappa shape index (κ2) is 6.69. The van der Waals surface area contributed by atoms with Crippen LogP contribution < -0.4 is 4.74 Å². The standard InChI is InChI=1S/C15H22N4O2/c1-11-5-6-12(9-16-11)15(20)14-13(21-4)10-17-19(14)8-7-18(2)3/h5-6,9-10,15,20H,7-8H2,1-4H3. The van der Waals surface area contributed by atoms with Crippen molar-refractivity contribution in [3.63, 3.8) is 0 Å². The minimum Gasteiger partial charge on any atom is -0.493 e. The highest BCUT2D eigenvalue weighted by Crippen LogP contribution is 2.29. The number of aryl methyl sites for hydroxylation is 1. The van der Waals surface area contributed by atoms with E-state index in [1.165, 1.54) is 0 Å². The molecule has 0 fully saturated rings. The van der Waals surface area contributed by atoms with E-state index in [0.29, 0.717) is 18.0 Å². The van der Waals surface area contributed by atoms with Gasteiger partial charge in [0.05, 0.1) is 19.9 Å². The molecule has 2 heterocycles. The van der Waals surface area contributed by atoms with Crippen LogP contribution >= 0.6 is 0 Å². The van der Waals surface area contributed by atoms with E-state index in [1.807, 2.05) is 33.2 Å². The molecule has 0 radical (unpaired) electrons. The topological polar surface area (TPSA) is 63.4 Å². The molecule has 6 heteroatoms. The van der Waals surface area contributed by atoms with Gasteiger partial charge in [0.2, 0.25) is 0 Å². The number of likely N-dealkylation sites (N-methyl/N-ethyl adjacent to an activating group) is 1. The van der Waals surface area contributed by atoms with E-state index in [2.05, 4.69) is 15.0 Å². The molecular formula is C15H22N4O2. The van der Waals surface area contributed by atoms with Gasteiger partial charge in [0, 0.05) is 24.0 Å². The van der Waals surface area contributed by atoms with Crippen molar-refractivity contribution in [2.45, 2.75) is 19.6 Å². The molecular weight excluding hydrogens is 268 g/mol. The molecule has 2 aromatic rings. The number of methoxy groups -OCH3 is 1. The highest BCUT2D eigenvalue weighted by atomic mass is 16.5. The van der Waals surface area contributed by atoms with E-state index in [-0.39, 0.29) is 0 Å². The van der Waals surface area contributed by atoms with Crippen LogP contribution in [0, 0.1) is 6.92 Å². The molecule has 1 unspecified atom stereocenters. The molecule has 6 nitrogen and oxygen atoms in total. The number of hydrogen-bond donors (Lipinski definition) is 1. The summed E-state index contributed by atoms with van der Waals surface area (Å²) in [5, 5.41) is 14.9. The van der Waals surface area contributed by atoms with Crippen molar-refractivity contribution in [2.75, 3.05) is 27.7 Å². The van der Waals surface area contributed by atoms with Crippen LogP contribution in [0.2, 0.25) is 0 Å². The number of nitrogens with zero attached hydrogens (tertiary/aromatic N) is 4. The normalized spacial score (nSPS) is 12.7. The van der Waals surface area contributed by atoms with Gasteiger partial charge in [-0.1, -0.05) is 6.07 Å². The minimum absolute atomic E-state index is 0.585. The molecule has 0 bridgehead atoms. The fourth-order valence-electron chi connectivity index (χ4n) is 2.08. The van der Waals surface area contributed by atoms with Gasteiger partial charge >= 0.3 is 0 Å². The average molecular weight is 290 g/mol. The van der Waals surface area contributed by atoms with Crippen molar-refractivity contribution >= 4 is 0 Å². The molecule has 1 atom stereocenters. The van der Waals surface area contributed by atoms with Crippen molar-refractivity contribution in [1.82, 2.24) is 19.7 Å². The third kappa shape index (κ3) is 3.59. The van der Waals surface area contributed by atoms with Crippen LogP contribution in [0.15, 0.2) is 24.5 Å². The highest BCUT2D eigenvalue weighted by molar-refractivity contribution is 5.34. The van der Waals surface area contributed by atoms with E-state index in [9.17, 15) is 5.11 Å². The third-order valence-electron chi connectivity index (χ3n) is 3.33. The Morgan fingerprint density at radius 1 is 1.33 bits per heavy atom. The van der Waals surface area contributed by atoms with Gasteiger partial charge in [-0.2, -0.15) is 5.10 Å². The molecule has 21 heavy (non-hydrogen) atoms. The zero-order valence-electron chi connectivity index (χ0n) is 12.9. The number of rotatable bonds is 6. The molecule has 114 valence electrons. The number of pyridine rings is 1. The first-order chi connectivity index (χ1) is 10.0. The fourth-order valence-corrected chi connectivity index (χ4v) is 2.08. The van der Waals surface area contributed by atoms with Gasteiger partial charge < -0.3 is 14.7 Å². The second-order valence-corrected chi connectivity index (χ2v) is 5.26. The summed E-state index contributed by atoms with van der Waals surface area (Å²) in [6, 6.07) is 3.75. The lowest BCUT2D eigenvalue weighted by Crippen LogP contribution is -2.21. The summed E-state index contributed by atoms with van der Waals surface area (Å²) in [7, 11) is 5.58.